The molecule has 0 aliphatic heterocycles. The second-order valence-electron chi connectivity index (χ2n) is 12.2. The van der Waals surface area contributed by atoms with Gasteiger partial charge in [0.1, 0.15) is 6.61 Å². The normalized spacial score (nSPS) is 11.5. The quantitative estimate of drug-likeness (QED) is 0.0547. The number of carbonyl (C=O) groups is 1. The highest BCUT2D eigenvalue weighted by Gasteiger charge is 2.03. The number of hydrogen-bond acceptors (Lipinski definition) is 13. The fraction of sp³-hybridized carbons (Fsp3) is 0.974. The molecule has 0 rings (SSSR count). The zero-order valence-corrected chi connectivity index (χ0v) is 33.3. The van der Waals surface area contributed by atoms with Crippen LogP contribution in [0.1, 0.15) is 97.3 Å². The SMILES string of the molecule is CCCCCCCCOCCOCCOCCOCCOCCOCCOCCOCCOCCOCCOCCOC(=O)CCCCCCCC. The van der Waals surface area contributed by atoms with Crippen LogP contribution in [0.3, 0.4) is 0 Å². The molecule has 0 amide bonds. The van der Waals surface area contributed by atoms with Gasteiger partial charge < -0.3 is 56.8 Å². The maximum atomic E-state index is 11.7. The summed E-state index contributed by atoms with van der Waals surface area (Å²) in [4.78, 5) is 11.7. The number of carbonyl (C=O) groups excluding carboxylic acids is 1. The average molecular weight is 755 g/mol. The molecular formula is C39H78O13. The Bertz CT molecular complexity index is 660. The van der Waals surface area contributed by atoms with Gasteiger partial charge in [-0.25, -0.2) is 0 Å². The number of ether oxygens (including phenoxy) is 12. The van der Waals surface area contributed by atoms with E-state index >= 15 is 0 Å². The number of unbranched alkanes of at least 4 members (excludes halogenated alkanes) is 10. The second kappa shape index (κ2) is 48.0. The fourth-order valence-corrected chi connectivity index (χ4v) is 4.62. The Balaban J connectivity index is 3.09. The van der Waals surface area contributed by atoms with E-state index in [4.69, 9.17) is 56.8 Å². The summed E-state index contributed by atoms with van der Waals surface area (Å²) in [5.41, 5.74) is 0. The molecule has 0 bridgehead atoms. The zero-order valence-electron chi connectivity index (χ0n) is 33.3. The molecule has 52 heavy (non-hydrogen) atoms. The van der Waals surface area contributed by atoms with Gasteiger partial charge in [0.2, 0.25) is 0 Å². The topological polar surface area (TPSA) is 128 Å². The van der Waals surface area contributed by atoms with Crippen molar-refractivity contribution in [1.29, 1.82) is 0 Å². The molecule has 0 fully saturated rings. The highest BCUT2D eigenvalue weighted by atomic mass is 16.6. The Labute approximate surface area is 316 Å². The second-order valence-corrected chi connectivity index (χ2v) is 12.2. The van der Waals surface area contributed by atoms with E-state index in [2.05, 4.69) is 13.8 Å². The minimum Gasteiger partial charge on any atom is -0.463 e. The minimum absolute atomic E-state index is 0.142. The highest BCUT2D eigenvalue weighted by Crippen LogP contribution is 2.07. The van der Waals surface area contributed by atoms with Crippen molar-refractivity contribution in [2.45, 2.75) is 97.3 Å². The van der Waals surface area contributed by atoms with Crippen LogP contribution in [0.2, 0.25) is 0 Å². The van der Waals surface area contributed by atoms with Gasteiger partial charge >= 0.3 is 5.97 Å². The van der Waals surface area contributed by atoms with Gasteiger partial charge in [-0.2, -0.15) is 0 Å². The van der Waals surface area contributed by atoms with Crippen molar-refractivity contribution < 1.29 is 61.6 Å². The molecule has 0 aromatic rings. The van der Waals surface area contributed by atoms with Gasteiger partial charge in [0.25, 0.3) is 0 Å². The summed E-state index contributed by atoms with van der Waals surface area (Å²) < 4.78 is 65.7. The van der Waals surface area contributed by atoms with Crippen LogP contribution in [0.4, 0.5) is 0 Å². The van der Waals surface area contributed by atoms with Crippen molar-refractivity contribution in [2.75, 3.05) is 152 Å². The largest absolute Gasteiger partial charge is 0.463 e. The van der Waals surface area contributed by atoms with Crippen LogP contribution < -0.4 is 0 Å². The van der Waals surface area contributed by atoms with Gasteiger partial charge in [-0.1, -0.05) is 78.1 Å². The van der Waals surface area contributed by atoms with Crippen LogP contribution in [0.25, 0.3) is 0 Å². The van der Waals surface area contributed by atoms with Gasteiger partial charge in [-0.05, 0) is 12.8 Å². The number of esters is 1. The molecule has 0 saturated carbocycles. The lowest BCUT2D eigenvalue weighted by atomic mass is 10.1. The molecule has 13 nitrogen and oxygen atoms in total. The van der Waals surface area contributed by atoms with Gasteiger partial charge in [-0.3, -0.25) is 4.79 Å². The molecule has 0 unspecified atom stereocenters. The molecule has 0 aromatic heterocycles. The first kappa shape index (κ1) is 51.0. The molecule has 0 aliphatic carbocycles. The summed E-state index contributed by atoms with van der Waals surface area (Å²) in [6.45, 7) is 16.4. The highest BCUT2D eigenvalue weighted by molar-refractivity contribution is 5.69. The van der Waals surface area contributed by atoms with E-state index in [0.29, 0.717) is 145 Å². The van der Waals surface area contributed by atoms with Gasteiger partial charge in [0.05, 0.1) is 139 Å². The van der Waals surface area contributed by atoms with E-state index in [9.17, 15) is 4.79 Å². The van der Waals surface area contributed by atoms with Crippen LogP contribution >= 0.6 is 0 Å². The molecule has 0 aliphatic rings. The van der Waals surface area contributed by atoms with Crippen molar-refractivity contribution in [2.24, 2.45) is 0 Å². The fourth-order valence-electron chi connectivity index (χ4n) is 4.62. The van der Waals surface area contributed by atoms with Crippen LogP contribution in [0.15, 0.2) is 0 Å². The third-order valence-corrected chi connectivity index (χ3v) is 7.59. The summed E-state index contributed by atoms with van der Waals surface area (Å²) in [5.74, 6) is -0.142. The van der Waals surface area contributed by atoms with E-state index < -0.39 is 0 Å². The van der Waals surface area contributed by atoms with Crippen molar-refractivity contribution in [3.8, 4) is 0 Å². The van der Waals surface area contributed by atoms with Crippen molar-refractivity contribution in [3.63, 3.8) is 0 Å². The lowest BCUT2D eigenvalue weighted by molar-refractivity contribution is -0.145. The van der Waals surface area contributed by atoms with E-state index in [1.165, 1.54) is 57.8 Å². The van der Waals surface area contributed by atoms with Crippen LogP contribution in [-0.2, 0) is 61.6 Å². The zero-order chi connectivity index (χ0) is 37.5. The predicted octanol–water partition coefficient (Wildman–Crippen LogP) is 5.82. The smallest absolute Gasteiger partial charge is 0.305 e. The Morgan fingerprint density at radius 2 is 0.500 bits per heavy atom. The Morgan fingerprint density at radius 1 is 0.269 bits per heavy atom. The molecule has 0 saturated heterocycles. The first-order chi connectivity index (χ1) is 25.8. The van der Waals surface area contributed by atoms with Crippen molar-refractivity contribution >= 4 is 5.97 Å². The molecule has 0 radical (unpaired) electrons. The first-order valence-corrected chi connectivity index (χ1v) is 20.3. The number of hydrogen-bond donors (Lipinski definition) is 0. The lowest BCUT2D eigenvalue weighted by Crippen LogP contribution is -2.15. The standard InChI is InChI=1S/C39H78O13/c1-3-5-7-9-11-13-15-39(40)52-38-37-51-36-35-50-34-33-49-32-31-48-30-29-47-28-27-46-26-25-45-24-23-44-22-21-43-20-19-42-18-17-41-16-14-12-10-8-6-4-2/h3-38H2,1-2H3. The lowest BCUT2D eigenvalue weighted by Gasteiger charge is -2.09. The monoisotopic (exact) mass is 755 g/mol. The summed E-state index contributed by atoms with van der Waals surface area (Å²) in [7, 11) is 0. The third kappa shape index (κ3) is 47.1. The van der Waals surface area contributed by atoms with E-state index in [1.54, 1.807) is 0 Å². The Morgan fingerprint density at radius 3 is 0.808 bits per heavy atom. The summed E-state index contributed by atoms with van der Waals surface area (Å²) in [5, 5.41) is 0. The van der Waals surface area contributed by atoms with Crippen LogP contribution in [0, 0.1) is 0 Å². The maximum absolute atomic E-state index is 11.7. The summed E-state index contributed by atoms with van der Waals surface area (Å²) in [6, 6.07) is 0. The molecule has 0 N–H and O–H groups in total. The van der Waals surface area contributed by atoms with E-state index in [-0.39, 0.29) is 12.6 Å². The molecular weight excluding hydrogens is 676 g/mol. The summed E-state index contributed by atoms with van der Waals surface area (Å²) >= 11 is 0. The minimum atomic E-state index is -0.142. The average Bonchev–Trinajstić information content (AvgIpc) is 3.15. The van der Waals surface area contributed by atoms with Crippen molar-refractivity contribution in [1.82, 2.24) is 0 Å². The van der Waals surface area contributed by atoms with Gasteiger partial charge in [0, 0.05) is 13.0 Å². The van der Waals surface area contributed by atoms with Gasteiger partial charge in [-0.15, -0.1) is 0 Å². The first-order valence-electron chi connectivity index (χ1n) is 20.3. The molecule has 0 aromatic carbocycles. The molecule has 0 heterocycles. The Hall–Kier alpha value is -0.970. The van der Waals surface area contributed by atoms with E-state index in [0.717, 1.165) is 25.9 Å². The molecule has 312 valence electrons. The van der Waals surface area contributed by atoms with Crippen LogP contribution in [0.5, 0.6) is 0 Å². The molecule has 13 heteroatoms. The van der Waals surface area contributed by atoms with Crippen LogP contribution in [-0.4, -0.2) is 158 Å². The number of rotatable bonds is 47. The van der Waals surface area contributed by atoms with E-state index in [1.807, 2.05) is 0 Å². The summed E-state index contributed by atoms with van der Waals surface area (Å²) in [6.07, 6.45) is 15.1. The Kier molecular flexibility index (Phi) is 47.2. The third-order valence-electron chi connectivity index (χ3n) is 7.59. The molecule has 0 atom stereocenters. The van der Waals surface area contributed by atoms with Gasteiger partial charge in [0.15, 0.2) is 0 Å². The molecule has 0 spiro atoms. The van der Waals surface area contributed by atoms with Crippen molar-refractivity contribution in [3.05, 3.63) is 0 Å². The predicted molar refractivity (Wildman–Crippen MR) is 201 cm³/mol. The maximum Gasteiger partial charge on any atom is 0.305 e.